The maximum atomic E-state index is 12.6. The van der Waals surface area contributed by atoms with E-state index >= 15 is 0 Å². The Morgan fingerprint density at radius 3 is 2.32 bits per heavy atom. The second kappa shape index (κ2) is 7.13. The van der Waals surface area contributed by atoms with Crippen LogP contribution in [0.25, 0.3) is 0 Å². The number of benzene rings is 1. The molecule has 132 valence electrons. The largest absolute Gasteiger partial charge is 0.352 e. The minimum Gasteiger partial charge on any atom is -0.352 e. The summed E-state index contributed by atoms with van der Waals surface area (Å²) in [4.78, 5) is 20.7. The Hall–Kier alpha value is -1.93. The molecule has 1 fully saturated rings. The van der Waals surface area contributed by atoms with Crippen LogP contribution in [-0.4, -0.2) is 56.6 Å². The van der Waals surface area contributed by atoms with E-state index in [-0.39, 0.29) is 10.8 Å². The third-order valence-electron chi connectivity index (χ3n) is 4.11. The highest BCUT2D eigenvalue weighted by Gasteiger charge is 2.26. The predicted molar refractivity (Wildman–Crippen MR) is 99.6 cm³/mol. The molecular formula is C17H18BrN3O3S. The monoisotopic (exact) mass is 423 g/mol. The van der Waals surface area contributed by atoms with Crippen LogP contribution in [0, 0.1) is 0 Å². The van der Waals surface area contributed by atoms with Gasteiger partial charge in [-0.1, -0.05) is 15.9 Å². The van der Waals surface area contributed by atoms with Gasteiger partial charge in [0.05, 0.1) is 0 Å². The van der Waals surface area contributed by atoms with Gasteiger partial charge in [-0.05, 0) is 36.4 Å². The number of hydrogen-bond acceptors (Lipinski definition) is 5. The first kappa shape index (κ1) is 17.9. The molecular weight excluding hydrogens is 406 g/mol. The molecule has 8 heteroatoms. The van der Waals surface area contributed by atoms with Gasteiger partial charge in [-0.3, -0.25) is 4.79 Å². The summed E-state index contributed by atoms with van der Waals surface area (Å²) >= 11 is 3.36. The van der Waals surface area contributed by atoms with Crippen molar-refractivity contribution in [1.82, 2.24) is 9.88 Å². The van der Waals surface area contributed by atoms with Gasteiger partial charge in [-0.15, -0.1) is 0 Å². The van der Waals surface area contributed by atoms with Crippen LogP contribution in [0.2, 0.25) is 0 Å². The molecule has 25 heavy (non-hydrogen) atoms. The molecule has 1 aromatic heterocycles. The highest BCUT2D eigenvalue weighted by Crippen LogP contribution is 2.23. The van der Waals surface area contributed by atoms with Gasteiger partial charge in [-0.25, -0.2) is 13.4 Å². The first-order valence-electron chi connectivity index (χ1n) is 7.81. The van der Waals surface area contributed by atoms with Crippen molar-refractivity contribution < 1.29 is 13.2 Å². The summed E-state index contributed by atoms with van der Waals surface area (Å²) in [6.45, 7) is 2.13. The first-order valence-corrected chi connectivity index (χ1v) is 10.5. The number of carbonyl (C=O) groups is 1. The maximum absolute atomic E-state index is 12.6. The molecule has 0 radical (unpaired) electrons. The minimum absolute atomic E-state index is 0.0171. The summed E-state index contributed by atoms with van der Waals surface area (Å²) in [6.07, 6.45) is 2.77. The summed E-state index contributed by atoms with van der Waals surface area (Å²) in [5.41, 5.74) is 0.645. The molecule has 1 aliphatic heterocycles. The number of anilines is 1. The minimum atomic E-state index is -3.35. The molecule has 1 aromatic carbocycles. The Bertz CT molecular complexity index is 876. The van der Waals surface area contributed by atoms with Gasteiger partial charge in [-0.2, -0.15) is 0 Å². The Morgan fingerprint density at radius 1 is 1.08 bits per heavy atom. The van der Waals surface area contributed by atoms with Crippen molar-refractivity contribution in [3.63, 3.8) is 0 Å². The van der Waals surface area contributed by atoms with Gasteiger partial charge in [0.15, 0.2) is 9.84 Å². The quantitative estimate of drug-likeness (QED) is 0.756. The smallest absolute Gasteiger partial charge is 0.253 e. The molecule has 6 nitrogen and oxygen atoms in total. The SMILES string of the molecule is CS(=O)(=O)c1cccnc1N1CCN(C(=O)c2ccc(Br)cc2)CC1. The predicted octanol–water partition coefficient (Wildman–Crippen LogP) is 2.21. The lowest BCUT2D eigenvalue weighted by atomic mass is 10.2. The zero-order valence-electron chi connectivity index (χ0n) is 13.7. The molecule has 1 saturated heterocycles. The fourth-order valence-corrected chi connectivity index (χ4v) is 3.91. The van der Waals surface area contributed by atoms with E-state index in [4.69, 9.17) is 0 Å². The van der Waals surface area contributed by atoms with Crippen LogP contribution < -0.4 is 4.90 Å². The van der Waals surface area contributed by atoms with Crippen LogP contribution in [0.15, 0.2) is 52.0 Å². The molecule has 0 atom stereocenters. The van der Waals surface area contributed by atoms with Crippen LogP contribution in [0.5, 0.6) is 0 Å². The Morgan fingerprint density at radius 2 is 1.72 bits per heavy atom. The number of aromatic nitrogens is 1. The molecule has 3 rings (SSSR count). The second-order valence-corrected chi connectivity index (χ2v) is 8.78. The van der Waals surface area contributed by atoms with Gasteiger partial charge in [0, 0.05) is 48.7 Å². The third kappa shape index (κ3) is 4.01. The molecule has 1 aliphatic rings. The second-order valence-electron chi connectivity index (χ2n) is 5.88. The molecule has 1 amide bonds. The van der Waals surface area contributed by atoms with E-state index in [2.05, 4.69) is 20.9 Å². The lowest BCUT2D eigenvalue weighted by Gasteiger charge is -2.36. The van der Waals surface area contributed by atoms with Crippen molar-refractivity contribution in [2.75, 3.05) is 37.3 Å². The number of rotatable bonds is 3. The number of pyridine rings is 1. The van der Waals surface area contributed by atoms with Crippen molar-refractivity contribution in [3.05, 3.63) is 52.6 Å². The molecule has 2 aromatic rings. The topological polar surface area (TPSA) is 70.6 Å². The summed E-state index contributed by atoms with van der Waals surface area (Å²) in [6, 6.07) is 10.5. The number of sulfone groups is 1. The molecule has 0 saturated carbocycles. The van der Waals surface area contributed by atoms with Gasteiger partial charge in [0.2, 0.25) is 0 Å². The van der Waals surface area contributed by atoms with Crippen molar-refractivity contribution in [3.8, 4) is 0 Å². The standard InChI is InChI=1S/C17H18BrN3O3S/c1-25(23,24)15-3-2-8-19-16(15)20-9-11-21(12-10-20)17(22)13-4-6-14(18)7-5-13/h2-8H,9-12H2,1H3. The lowest BCUT2D eigenvalue weighted by molar-refractivity contribution is 0.0746. The lowest BCUT2D eigenvalue weighted by Crippen LogP contribution is -2.49. The van der Waals surface area contributed by atoms with Crippen LogP contribution in [0.4, 0.5) is 5.82 Å². The maximum Gasteiger partial charge on any atom is 0.253 e. The number of piperazine rings is 1. The Labute approximate surface area is 155 Å². The number of hydrogen-bond donors (Lipinski definition) is 0. The molecule has 0 unspecified atom stereocenters. The van der Waals surface area contributed by atoms with E-state index in [1.54, 1.807) is 35.4 Å². The van der Waals surface area contributed by atoms with E-state index in [1.165, 1.54) is 6.26 Å². The number of nitrogens with zero attached hydrogens (tertiary/aromatic N) is 3. The van der Waals surface area contributed by atoms with E-state index in [0.717, 1.165) is 4.47 Å². The first-order chi connectivity index (χ1) is 11.9. The summed E-state index contributed by atoms with van der Waals surface area (Å²) < 4.78 is 24.8. The summed E-state index contributed by atoms with van der Waals surface area (Å²) in [7, 11) is -3.35. The van der Waals surface area contributed by atoms with Gasteiger partial charge in [0.25, 0.3) is 5.91 Å². The van der Waals surface area contributed by atoms with E-state index in [9.17, 15) is 13.2 Å². The van der Waals surface area contributed by atoms with Gasteiger partial charge >= 0.3 is 0 Å². The molecule has 0 aliphatic carbocycles. The van der Waals surface area contributed by atoms with E-state index < -0.39 is 9.84 Å². The fraction of sp³-hybridized carbons (Fsp3) is 0.294. The average molecular weight is 424 g/mol. The van der Waals surface area contributed by atoms with Crippen LogP contribution in [0.3, 0.4) is 0 Å². The van der Waals surface area contributed by atoms with Crippen LogP contribution in [-0.2, 0) is 9.84 Å². The number of carbonyl (C=O) groups excluding carboxylic acids is 1. The van der Waals surface area contributed by atoms with Gasteiger partial charge in [0.1, 0.15) is 10.7 Å². The van der Waals surface area contributed by atoms with E-state index in [0.29, 0.717) is 37.6 Å². The Kier molecular flexibility index (Phi) is 5.10. The third-order valence-corrected chi connectivity index (χ3v) is 5.75. The van der Waals surface area contributed by atoms with Gasteiger partial charge < -0.3 is 9.80 Å². The highest BCUT2D eigenvalue weighted by molar-refractivity contribution is 9.10. The molecule has 0 spiro atoms. The van der Waals surface area contributed by atoms with Crippen molar-refractivity contribution >= 4 is 37.5 Å². The summed E-state index contributed by atoms with van der Waals surface area (Å²) in [5, 5.41) is 0. The van der Waals surface area contributed by atoms with Crippen molar-refractivity contribution in [2.45, 2.75) is 4.90 Å². The number of halogens is 1. The average Bonchev–Trinajstić information content (AvgIpc) is 2.61. The van der Waals surface area contributed by atoms with Crippen LogP contribution in [0.1, 0.15) is 10.4 Å². The van der Waals surface area contributed by atoms with Crippen molar-refractivity contribution in [2.24, 2.45) is 0 Å². The summed E-state index contributed by atoms with van der Waals surface area (Å²) in [5.74, 6) is 0.442. The number of amides is 1. The molecule has 0 N–H and O–H groups in total. The van der Waals surface area contributed by atoms with Crippen molar-refractivity contribution in [1.29, 1.82) is 0 Å². The molecule has 2 heterocycles. The zero-order chi connectivity index (χ0) is 18.0. The zero-order valence-corrected chi connectivity index (χ0v) is 16.1. The highest BCUT2D eigenvalue weighted by atomic mass is 79.9. The normalized spacial score (nSPS) is 15.3. The van der Waals surface area contributed by atoms with Crippen LogP contribution >= 0.6 is 15.9 Å². The molecule has 0 bridgehead atoms. The fourth-order valence-electron chi connectivity index (χ4n) is 2.81. The Balaban J connectivity index is 1.72. The van der Waals surface area contributed by atoms with E-state index in [1.807, 2.05) is 17.0 Å².